The van der Waals surface area contributed by atoms with Crippen LogP contribution in [0.2, 0.25) is 5.02 Å². The highest BCUT2D eigenvalue weighted by Crippen LogP contribution is 2.27. The summed E-state index contributed by atoms with van der Waals surface area (Å²) in [5.41, 5.74) is 1.41. The fraction of sp³-hybridized carbons (Fsp3) is 0.111. The highest BCUT2D eigenvalue weighted by Gasteiger charge is 2.06. The summed E-state index contributed by atoms with van der Waals surface area (Å²) in [5.74, 6) is 0. The van der Waals surface area contributed by atoms with E-state index in [9.17, 15) is 0 Å². The van der Waals surface area contributed by atoms with Crippen LogP contribution < -0.4 is 0 Å². The molecule has 2 aromatic rings. The summed E-state index contributed by atoms with van der Waals surface area (Å²) in [7, 11) is 0. The average Bonchev–Trinajstić information content (AvgIpc) is 2.49. The lowest BCUT2D eigenvalue weighted by Crippen LogP contribution is -1.77. The smallest absolute Gasteiger partial charge is 0.152 e. The summed E-state index contributed by atoms with van der Waals surface area (Å²) < 4.78 is 5.18. The molecule has 0 bridgehead atoms. The third-order valence-electron chi connectivity index (χ3n) is 1.80. The number of fused-ring (bicyclic) bond motifs is 1. The van der Waals surface area contributed by atoms with E-state index in [1.807, 2.05) is 12.1 Å². The number of para-hydroxylation sites is 1. The van der Waals surface area contributed by atoms with Crippen LogP contribution in [0.4, 0.5) is 0 Å². The van der Waals surface area contributed by atoms with E-state index in [0.717, 1.165) is 10.9 Å². The normalized spacial score (nSPS) is 10.8. The molecule has 1 aromatic heterocycles. The second-order valence-electron chi connectivity index (χ2n) is 2.54. The van der Waals surface area contributed by atoms with E-state index in [1.54, 1.807) is 6.07 Å². The first kappa shape index (κ1) is 7.65. The first-order valence-corrected chi connectivity index (χ1v) is 3.96. The molecule has 12 heavy (non-hydrogen) atoms. The molecule has 1 heterocycles. The van der Waals surface area contributed by atoms with Gasteiger partial charge in [0, 0.05) is 10.9 Å². The standard InChI is InChI=1S/C9H7ClO2/c10-8-3-1-2-7-6(4-11)5-12-9(7)8/h1-3,5,11H,4H2. The molecule has 0 spiro atoms. The van der Waals surface area contributed by atoms with Crippen LogP contribution in [0, 0.1) is 0 Å². The maximum atomic E-state index is 8.91. The lowest BCUT2D eigenvalue weighted by Gasteiger charge is -1.91. The first-order chi connectivity index (χ1) is 5.83. The van der Waals surface area contributed by atoms with E-state index in [-0.39, 0.29) is 6.61 Å². The maximum absolute atomic E-state index is 8.91. The van der Waals surface area contributed by atoms with Crippen molar-refractivity contribution in [3.05, 3.63) is 35.0 Å². The Labute approximate surface area is 74.4 Å². The molecule has 2 rings (SSSR count). The average molecular weight is 183 g/mol. The van der Waals surface area contributed by atoms with Crippen molar-refractivity contribution in [3.8, 4) is 0 Å². The highest BCUT2D eigenvalue weighted by molar-refractivity contribution is 6.34. The molecule has 0 saturated heterocycles. The molecule has 0 aliphatic carbocycles. The molecule has 2 nitrogen and oxygen atoms in total. The summed E-state index contributed by atoms with van der Waals surface area (Å²) in [4.78, 5) is 0. The molecule has 0 saturated carbocycles. The zero-order valence-electron chi connectivity index (χ0n) is 6.25. The lowest BCUT2D eigenvalue weighted by atomic mass is 10.2. The fourth-order valence-corrected chi connectivity index (χ4v) is 1.42. The molecule has 0 amide bonds. The number of aliphatic hydroxyl groups excluding tert-OH is 1. The van der Waals surface area contributed by atoms with Crippen molar-refractivity contribution in [2.45, 2.75) is 6.61 Å². The van der Waals surface area contributed by atoms with Crippen molar-refractivity contribution in [1.82, 2.24) is 0 Å². The predicted octanol–water partition coefficient (Wildman–Crippen LogP) is 2.58. The Morgan fingerprint density at radius 1 is 1.42 bits per heavy atom. The molecule has 0 fully saturated rings. The lowest BCUT2D eigenvalue weighted by molar-refractivity contribution is 0.281. The van der Waals surface area contributed by atoms with Crippen molar-refractivity contribution in [3.63, 3.8) is 0 Å². The largest absolute Gasteiger partial charge is 0.462 e. The quantitative estimate of drug-likeness (QED) is 0.736. The van der Waals surface area contributed by atoms with Gasteiger partial charge in [0.2, 0.25) is 0 Å². The predicted molar refractivity (Wildman–Crippen MR) is 47.1 cm³/mol. The number of furan rings is 1. The summed E-state index contributed by atoms with van der Waals surface area (Å²) in [6.45, 7) is -0.0205. The minimum absolute atomic E-state index is 0.0205. The Hall–Kier alpha value is -0.990. The number of aliphatic hydroxyl groups is 1. The summed E-state index contributed by atoms with van der Waals surface area (Å²) in [6.07, 6.45) is 1.52. The maximum Gasteiger partial charge on any atom is 0.152 e. The van der Waals surface area contributed by atoms with Gasteiger partial charge in [0.1, 0.15) is 0 Å². The number of benzene rings is 1. The van der Waals surface area contributed by atoms with Crippen LogP contribution in [0.15, 0.2) is 28.9 Å². The molecule has 62 valence electrons. The van der Waals surface area contributed by atoms with Gasteiger partial charge in [-0.3, -0.25) is 0 Å². The number of hydrogen-bond acceptors (Lipinski definition) is 2. The molecular weight excluding hydrogens is 176 g/mol. The van der Waals surface area contributed by atoms with Gasteiger partial charge in [-0.2, -0.15) is 0 Å². The van der Waals surface area contributed by atoms with Crippen LogP contribution in [0.3, 0.4) is 0 Å². The molecule has 0 aliphatic heterocycles. The zero-order chi connectivity index (χ0) is 8.55. The van der Waals surface area contributed by atoms with Crippen molar-refractivity contribution in [2.75, 3.05) is 0 Å². The van der Waals surface area contributed by atoms with Crippen LogP contribution in [-0.2, 0) is 6.61 Å². The molecule has 0 radical (unpaired) electrons. The van der Waals surface area contributed by atoms with Gasteiger partial charge in [0.15, 0.2) is 5.58 Å². The van der Waals surface area contributed by atoms with Crippen LogP contribution in [-0.4, -0.2) is 5.11 Å². The number of rotatable bonds is 1. The zero-order valence-corrected chi connectivity index (χ0v) is 7.01. The Balaban J connectivity index is 2.80. The van der Waals surface area contributed by atoms with Crippen molar-refractivity contribution in [2.24, 2.45) is 0 Å². The van der Waals surface area contributed by atoms with E-state index in [4.69, 9.17) is 21.1 Å². The molecule has 0 unspecified atom stereocenters. The summed E-state index contributed by atoms with van der Waals surface area (Å²) >= 11 is 5.85. The molecule has 0 atom stereocenters. The van der Waals surface area contributed by atoms with Crippen molar-refractivity contribution >= 4 is 22.6 Å². The number of hydrogen-bond donors (Lipinski definition) is 1. The number of halogens is 1. The van der Waals surface area contributed by atoms with Crippen LogP contribution >= 0.6 is 11.6 Å². The molecule has 0 aliphatic rings. The van der Waals surface area contributed by atoms with Gasteiger partial charge in [0.25, 0.3) is 0 Å². The molecule has 1 aromatic carbocycles. The van der Waals surface area contributed by atoms with E-state index in [0.29, 0.717) is 10.6 Å². The third-order valence-corrected chi connectivity index (χ3v) is 2.10. The SMILES string of the molecule is OCc1coc2c(Cl)cccc12. The second-order valence-corrected chi connectivity index (χ2v) is 2.94. The van der Waals surface area contributed by atoms with Crippen LogP contribution in [0.5, 0.6) is 0 Å². The Morgan fingerprint density at radius 2 is 2.25 bits per heavy atom. The van der Waals surface area contributed by atoms with E-state index in [1.165, 1.54) is 6.26 Å². The van der Waals surface area contributed by atoms with Gasteiger partial charge >= 0.3 is 0 Å². The monoisotopic (exact) mass is 182 g/mol. The minimum Gasteiger partial charge on any atom is -0.462 e. The Bertz CT molecular complexity index is 406. The van der Waals surface area contributed by atoms with Gasteiger partial charge < -0.3 is 9.52 Å². The molecule has 3 heteroatoms. The van der Waals surface area contributed by atoms with Crippen molar-refractivity contribution in [1.29, 1.82) is 0 Å². The minimum atomic E-state index is -0.0205. The Morgan fingerprint density at radius 3 is 3.00 bits per heavy atom. The molecule has 1 N–H and O–H groups in total. The van der Waals surface area contributed by atoms with Gasteiger partial charge in [-0.25, -0.2) is 0 Å². The molecular formula is C9H7ClO2. The van der Waals surface area contributed by atoms with E-state index >= 15 is 0 Å². The fourth-order valence-electron chi connectivity index (χ4n) is 1.20. The Kier molecular flexibility index (Phi) is 1.79. The van der Waals surface area contributed by atoms with Gasteiger partial charge in [0.05, 0.1) is 17.9 Å². The summed E-state index contributed by atoms with van der Waals surface area (Å²) in [6, 6.07) is 5.46. The van der Waals surface area contributed by atoms with Gasteiger partial charge in [-0.1, -0.05) is 23.7 Å². The highest BCUT2D eigenvalue weighted by atomic mass is 35.5. The second kappa shape index (κ2) is 2.81. The topological polar surface area (TPSA) is 33.4 Å². The van der Waals surface area contributed by atoms with Crippen molar-refractivity contribution < 1.29 is 9.52 Å². The third kappa shape index (κ3) is 1.00. The van der Waals surface area contributed by atoms with E-state index in [2.05, 4.69) is 0 Å². The van der Waals surface area contributed by atoms with Crippen LogP contribution in [0.1, 0.15) is 5.56 Å². The van der Waals surface area contributed by atoms with E-state index < -0.39 is 0 Å². The van der Waals surface area contributed by atoms with Gasteiger partial charge in [-0.05, 0) is 6.07 Å². The summed E-state index contributed by atoms with van der Waals surface area (Å²) in [5, 5.41) is 10.4. The van der Waals surface area contributed by atoms with Crippen LogP contribution in [0.25, 0.3) is 11.0 Å². The van der Waals surface area contributed by atoms with Gasteiger partial charge in [-0.15, -0.1) is 0 Å². The first-order valence-electron chi connectivity index (χ1n) is 3.58.